The summed E-state index contributed by atoms with van der Waals surface area (Å²) in [6.07, 6.45) is 0. The number of hydrogen-bond donors (Lipinski definition) is 0. The van der Waals surface area contributed by atoms with E-state index in [9.17, 15) is 0 Å². The van der Waals surface area contributed by atoms with Gasteiger partial charge in [0.25, 0.3) is 0 Å². The molecule has 0 unspecified atom stereocenters. The van der Waals surface area contributed by atoms with Gasteiger partial charge in [0.2, 0.25) is 0 Å². The van der Waals surface area contributed by atoms with E-state index in [1.807, 2.05) is 115 Å². The van der Waals surface area contributed by atoms with Crippen LogP contribution in [0.4, 0.5) is 0 Å². The lowest BCUT2D eigenvalue weighted by molar-refractivity contribution is 0.478. The van der Waals surface area contributed by atoms with Gasteiger partial charge in [-0.2, -0.15) is 0 Å². The van der Waals surface area contributed by atoms with Crippen molar-refractivity contribution >= 4 is 11.6 Å². The topological polar surface area (TPSA) is 27.7 Å². The Kier molecular flexibility index (Phi) is 14.6. The third-order valence-electron chi connectivity index (χ3n) is 7.96. The van der Waals surface area contributed by atoms with E-state index in [-0.39, 0.29) is 0 Å². The first-order chi connectivity index (χ1) is 24.1. The highest BCUT2D eigenvalue weighted by atomic mass is 35.5. The van der Waals surface area contributed by atoms with Gasteiger partial charge in [-0.1, -0.05) is 138 Å². The van der Waals surface area contributed by atoms with Gasteiger partial charge in [0.1, 0.15) is 34.5 Å². The Labute approximate surface area is 304 Å². The zero-order valence-corrected chi connectivity index (χ0v) is 31.0. The van der Waals surface area contributed by atoms with E-state index in [1.165, 1.54) is 22.3 Å². The van der Waals surface area contributed by atoms with Gasteiger partial charge in [-0.3, -0.25) is 0 Å². The molecule has 0 fully saturated rings. The van der Waals surface area contributed by atoms with Crippen LogP contribution >= 0.6 is 11.6 Å². The average Bonchev–Trinajstić information content (AvgIpc) is 3.12. The van der Waals surface area contributed by atoms with Gasteiger partial charge in [0.15, 0.2) is 0 Å². The van der Waals surface area contributed by atoms with Gasteiger partial charge in [-0.15, -0.1) is 0 Å². The Balaban J connectivity index is 0.000000169. The molecule has 258 valence electrons. The van der Waals surface area contributed by atoms with Gasteiger partial charge in [-0.25, -0.2) is 0 Å². The molecule has 0 bridgehead atoms. The first-order valence-corrected chi connectivity index (χ1v) is 17.7. The minimum absolute atomic E-state index is 0.471. The van der Waals surface area contributed by atoms with Crippen LogP contribution in [0.1, 0.15) is 81.5 Å². The molecule has 3 nitrogen and oxygen atoms in total. The van der Waals surface area contributed by atoms with E-state index < -0.39 is 0 Å². The Morgan fingerprint density at radius 1 is 0.380 bits per heavy atom. The predicted molar refractivity (Wildman–Crippen MR) is 211 cm³/mol. The third-order valence-corrected chi connectivity index (χ3v) is 8.25. The molecule has 0 saturated heterocycles. The van der Waals surface area contributed by atoms with Gasteiger partial charge in [-0.05, 0) is 114 Å². The number of para-hydroxylation sites is 3. The third kappa shape index (κ3) is 12.2. The van der Waals surface area contributed by atoms with Crippen molar-refractivity contribution in [3.05, 3.63) is 179 Å². The SMILES string of the molecule is CC(C)c1ccc(Oc2ccccc2)c(Cl)c1.CC(C)c1ccc(Oc2ccccc2)cc1.Cc1cc(C(C)C)ccc1Oc1ccccc1. The highest BCUT2D eigenvalue weighted by Crippen LogP contribution is 2.32. The van der Waals surface area contributed by atoms with Gasteiger partial charge in [0, 0.05) is 0 Å². The van der Waals surface area contributed by atoms with E-state index in [1.54, 1.807) is 0 Å². The van der Waals surface area contributed by atoms with E-state index in [0.717, 1.165) is 28.7 Å². The molecule has 0 amide bonds. The smallest absolute Gasteiger partial charge is 0.146 e. The number of rotatable bonds is 9. The summed E-state index contributed by atoms with van der Waals surface area (Å²) in [5.41, 5.74) is 5.08. The number of halogens is 1. The maximum Gasteiger partial charge on any atom is 0.146 e. The predicted octanol–water partition coefficient (Wildman–Crippen LogP) is 14.8. The lowest BCUT2D eigenvalue weighted by atomic mass is 10.0. The number of benzene rings is 6. The fourth-order valence-electron chi connectivity index (χ4n) is 4.88. The normalized spacial score (nSPS) is 10.5. The van der Waals surface area contributed by atoms with Crippen LogP contribution < -0.4 is 14.2 Å². The number of hydrogen-bond acceptors (Lipinski definition) is 3. The molecular weight excluding hydrogens is 636 g/mol. The first-order valence-electron chi connectivity index (χ1n) is 17.3. The summed E-state index contributed by atoms with van der Waals surface area (Å²) in [7, 11) is 0. The number of ether oxygens (including phenoxy) is 3. The van der Waals surface area contributed by atoms with E-state index >= 15 is 0 Å². The summed E-state index contributed by atoms with van der Waals surface area (Å²) in [6.45, 7) is 15.1. The Hall–Kier alpha value is -4.99. The molecule has 50 heavy (non-hydrogen) atoms. The van der Waals surface area contributed by atoms with Crippen LogP contribution in [0.15, 0.2) is 152 Å². The zero-order chi connectivity index (χ0) is 35.9. The maximum atomic E-state index is 6.20. The van der Waals surface area contributed by atoms with Crippen molar-refractivity contribution in [3.8, 4) is 34.5 Å². The van der Waals surface area contributed by atoms with Crippen LogP contribution in [0.25, 0.3) is 0 Å². The molecule has 0 N–H and O–H groups in total. The van der Waals surface area contributed by atoms with Gasteiger partial charge in [0.05, 0.1) is 5.02 Å². The van der Waals surface area contributed by atoms with Crippen LogP contribution in [0.5, 0.6) is 34.5 Å². The van der Waals surface area contributed by atoms with Gasteiger partial charge < -0.3 is 14.2 Å². The second-order valence-corrected chi connectivity index (χ2v) is 13.4. The zero-order valence-electron chi connectivity index (χ0n) is 30.3. The molecule has 0 atom stereocenters. The van der Waals surface area contributed by atoms with Crippen molar-refractivity contribution in [2.45, 2.75) is 66.2 Å². The molecule has 4 heteroatoms. The summed E-state index contributed by atoms with van der Waals surface area (Å²) in [5, 5.41) is 0.653. The first kappa shape index (κ1) is 37.8. The summed E-state index contributed by atoms with van der Waals surface area (Å²) in [6, 6.07) is 49.9. The Morgan fingerprint density at radius 2 is 0.740 bits per heavy atom. The molecule has 0 heterocycles. The lowest BCUT2D eigenvalue weighted by Gasteiger charge is -2.11. The summed E-state index contributed by atoms with van der Waals surface area (Å²) in [5.74, 6) is 6.65. The lowest BCUT2D eigenvalue weighted by Crippen LogP contribution is -1.91. The van der Waals surface area contributed by atoms with E-state index in [0.29, 0.717) is 28.5 Å². The van der Waals surface area contributed by atoms with Gasteiger partial charge >= 0.3 is 0 Å². The van der Waals surface area contributed by atoms with Crippen LogP contribution in [0, 0.1) is 6.92 Å². The molecule has 0 aliphatic heterocycles. The largest absolute Gasteiger partial charge is 0.457 e. The molecular formula is C46H49ClO3. The Morgan fingerprint density at radius 3 is 1.16 bits per heavy atom. The summed E-state index contributed by atoms with van der Waals surface area (Å²) >= 11 is 6.20. The summed E-state index contributed by atoms with van der Waals surface area (Å²) in [4.78, 5) is 0. The van der Waals surface area contributed by atoms with E-state index in [2.05, 4.69) is 84.9 Å². The average molecular weight is 685 g/mol. The molecule has 0 radical (unpaired) electrons. The molecule has 6 rings (SSSR count). The molecule has 0 saturated carbocycles. The standard InChI is InChI=1S/C16H18O.C15H15ClO.C15H16O/c1-12(2)14-9-10-16(13(3)11-14)17-15-7-5-4-6-8-15;1-11(2)12-8-9-15(14(16)10-12)17-13-6-4-3-5-7-13;1-12(2)13-8-10-15(11-9-13)16-14-6-4-3-5-7-14/h4-12H,1-3H3;3-11H,1-2H3;3-12H,1-2H3. The van der Waals surface area contributed by atoms with Crippen molar-refractivity contribution in [1.82, 2.24) is 0 Å². The molecule has 6 aromatic carbocycles. The molecule has 0 aliphatic carbocycles. The fourth-order valence-corrected chi connectivity index (χ4v) is 5.11. The van der Waals surface area contributed by atoms with Crippen LogP contribution in [0.3, 0.4) is 0 Å². The molecule has 0 aromatic heterocycles. The van der Waals surface area contributed by atoms with Crippen molar-refractivity contribution in [3.63, 3.8) is 0 Å². The van der Waals surface area contributed by atoms with Crippen molar-refractivity contribution in [2.75, 3.05) is 0 Å². The maximum absolute atomic E-state index is 6.20. The Bertz CT molecular complexity index is 1760. The molecule has 6 aromatic rings. The van der Waals surface area contributed by atoms with Crippen molar-refractivity contribution in [2.24, 2.45) is 0 Å². The second-order valence-electron chi connectivity index (χ2n) is 13.0. The minimum atomic E-state index is 0.471. The number of aryl methyl sites for hydroxylation is 1. The quantitative estimate of drug-likeness (QED) is 0.152. The summed E-state index contributed by atoms with van der Waals surface area (Å²) < 4.78 is 17.3. The van der Waals surface area contributed by atoms with Crippen LogP contribution in [0.2, 0.25) is 5.02 Å². The highest BCUT2D eigenvalue weighted by Gasteiger charge is 2.07. The molecule has 0 spiro atoms. The van der Waals surface area contributed by atoms with Crippen molar-refractivity contribution < 1.29 is 14.2 Å². The molecule has 0 aliphatic rings. The monoisotopic (exact) mass is 684 g/mol. The van der Waals surface area contributed by atoms with E-state index in [4.69, 9.17) is 25.8 Å². The van der Waals surface area contributed by atoms with Crippen LogP contribution in [-0.2, 0) is 0 Å². The minimum Gasteiger partial charge on any atom is -0.457 e. The van der Waals surface area contributed by atoms with Crippen molar-refractivity contribution in [1.29, 1.82) is 0 Å². The van der Waals surface area contributed by atoms with Crippen LogP contribution in [-0.4, -0.2) is 0 Å². The fraction of sp³-hybridized carbons (Fsp3) is 0.217. The second kappa shape index (κ2) is 19.3. The highest BCUT2D eigenvalue weighted by molar-refractivity contribution is 6.32.